The van der Waals surface area contributed by atoms with Crippen molar-refractivity contribution in [3.8, 4) is 0 Å². The molecule has 2 rings (SSSR count). The van der Waals surface area contributed by atoms with Crippen molar-refractivity contribution in [2.24, 2.45) is 29.4 Å². The fourth-order valence-electron chi connectivity index (χ4n) is 5.51. The summed E-state index contributed by atoms with van der Waals surface area (Å²) in [6.07, 6.45) is -4.47. The molecule has 0 aliphatic carbocycles. The minimum Gasteiger partial charge on any atom is -0.542 e. The van der Waals surface area contributed by atoms with Gasteiger partial charge in [-0.3, -0.25) is 28.8 Å². The van der Waals surface area contributed by atoms with Gasteiger partial charge in [0, 0.05) is 12.3 Å². The van der Waals surface area contributed by atoms with E-state index in [9.17, 15) is 41.9 Å². The molecule has 0 aliphatic rings. The number of carboxylic acid groups (broad SMARTS) is 1. The number of hydrogen-bond acceptors (Lipinski definition) is 8. The maximum absolute atomic E-state index is 14.1. The van der Waals surface area contributed by atoms with Gasteiger partial charge < -0.3 is 48.0 Å². The van der Waals surface area contributed by atoms with Crippen LogP contribution in [-0.2, 0) is 46.4 Å². The molecule has 328 valence electrons. The van der Waals surface area contributed by atoms with E-state index in [0.29, 0.717) is 6.42 Å². The number of benzene rings is 2. The summed E-state index contributed by atoms with van der Waals surface area (Å²) < 4.78 is 31.5. The number of halogens is 3. The molecule has 0 aromatic heterocycles. The lowest BCUT2D eigenvalue weighted by atomic mass is 9.98. The Morgan fingerprint density at radius 3 is 1.36 bits per heavy atom. The smallest absolute Gasteiger partial charge is 0.430 e. The number of aliphatic carboxylic acids is 1. The number of amides is 6. The summed E-state index contributed by atoms with van der Waals surface area (Å²) in [6, 6.07) is 12.8. The molecule has 2 aromatic carbocycles. The van der Waals surface area contributed by atoms with Gasteiger partial charge in [0.05, 0.1) is 0 Å². The molecule has 6 amide bonds. The predicted molar refractivity (Wildman–Crippen MR) is 211 cm³/mol. The van der Waals surface area contributed by atoms with Crippen LogP contribution in [0.15, 0.2) is 60.7 Å². The van der Waals surface area contributed by atoms with E-state index in [4.69, 9.17) is 15.6 Å². The molecule has 0 heterocycles. The molecule has 0 fully saturated rings. The third-order valence-electron chi connectivity index (χ3n) is 9.25. The monoisotopic (exact) mass is 835 g/mol. The number of quaternary nitrogens is 1. The number of rotatable bonds is 20. The lowest BCUT2D eigenvalue weighted by molar-refractivity contribution is -0.414. The number of primary amides is 1. The van der Waals surface area contributed by atoms with Gasteiger partial charge in [0.25, 0.3) is 5.91 Å². The fourth-order valence-corrected chi connectivity index (χ4v) is 5.51. The highest BCUT2D eigenvalue weighted by Crippen LogP contribution is 2.13. The average molecular weight is 836 g/mol. The number of nitrogens with one attached hydrogen (secondary N) is 5. The second kappa shape index (κ2) is 24.4. The quantitative estimate of drug-likeness (QED) is 0.0975. The van der Waals surface area contributed by atoms with E-state index in [1.54, 1.807) is 41.5 Å². The summed E-state index contributed by atoms with van der Waals surface area (Å²) in [6.45, 7) is 14.3. The first kappa shape index (κ1) is 51.5. The topological polar surface area (TPSA) is 256 Å². The normalized spacial score (nSPS) is 14.4. The SMILES string of the molecule is CC(C)[C@H]([NH3+])C(=O)N[C@H](C(=O)N[C@@H](CCc1ccccc1)C(=O)N[C@@H](Cc1ccccc1)C(=O)N[C@H](C(=O)N[C@H](C(N)=O)C(C)C)C(C)C)C(C)C.O=C([O-])C(F)(F)F. The Morgan fingerprint density at radius 1 is 0.576 bits per heavy atom. The van der Waals surface area contributed by atoms with Crippen molar-refractivity contribution in [1.29, 1.82) is 0 Å². The first-order chi connectivity index (χ1) is 27.4. The second-order valence-electron chi connectivity index (χ2n) is 15.6. The van der Waals surface area contributed by atoms with E-state index >= 15 is 0 Å². The lowest BCUT2D eigenvalue weighted by Gasteiger charge is -2.29. The molecule has 15 nitrogen and oxygen atoms in total. The Balaban J connectivity index is 0.00000227. The number of hydrogen-bond donors (Lipinski definition) is 7. The van der Waals surface area contributed by atoms with E-state index in [2.05, 4.69) is 32.3 Å². The van der Waals surface area contributed by atoms with E-state index < -0.39 is 77.9 Å². The maximum atomic E-state index is 14.1. The summed E-state index contributed by atoms with van der Waals surface area (Å²) in [5, 5.41) is 22.7. The highest BCUT2D eigenvalue weighted by atomic mass is 19.4. The van der Waals surface area contributed by atoms with Crippen LogP contribution in [0.3, 0.4) is 0 Å². The molecular weight excluding hydrogens is 775 g/mol. The number of alkyl halides is 3. The minimum atomic E-state index is -5.19. The van der Waals surface area contributed by atoms with E-state index in [1.807, 2.05) is 74.5 Å². The number of nitrogens with two attached hydrogens (primary N) is 1. The number of carboxylic acids is 1. The van der Waals surface area contributed by atoms with Crippen LogP contribution in [0.5, 0.6) is 0 Å². The van der Waals surface area contributed by atoms with Gasteiger partial charge >= 0.3 is 6.18 Å². The Labute approximate surface area is 343 Å². The molecule has 6 atom stereocenters. The van der Waals surface area contributed by atoms with E-state index in [0.717, 1.165) is 11.1 Å². The number of carbonyl (C=O) groups excluding carboxylic acids is 7. The van der Waals surface area contributed by atoms with Gasteiger partial charge in [0.15, 0.2) is 6.04 Å². The summed E-state index contributed by atoms with van der Waals surface area (Å²) >= 11 is 0. The highest BCUT2D eigenvalue weighted by molar-refractivity contribution is 5.96. The van der Waals surface area contributed by atoms with Crippen LogP contribution < -0.4 is 43.2 Å². The van der Waals surface area contributed by atoms with E-state index in [-0.39, 0.29) is 42.4 Å². The first-order valence-corrected chi connectivity index (χ1v) is 19.4. The summed E-state index contributed by atoms with van der Waals surface area (Å²) in [7, 11) is 0. The molecule has 0 spiro atoms. The Hall–Kier alpha value is -5.52. The number of carbonyl (C=O) groups is 7. The average Bonchev–Trinajstić information content (AvgIpc) is 3.15. The standard InChI is InChI=1S/C39H59N7O6.C2HF3O2/c1-22(2)30(40)37(50)46-32(24(5)6)38(51)42-28(20-19-26-15-11-9-12-16-26)35(48)43-29(21-27-17-13-10-14-18-27)36(49)45-33(25(7)8)39(52)44-31(23(3)4)34(41)47;3-2(4,5)1(6)7/h9-18,22-25,28-33H,19-21,40H2,1-8H3,(H2,41,47)(H,42,51)(H,43,48)(H,44,52)(H,45,49)(H,46,50);(H,6,7)/t28-,29-,30-,31-,32-,33-;/m0./s1. The number of aryl methyl sites for hydroxylation is 1. The van der Waals surface area contributed by atoms with Crippen molar-refractivity contribution >= 4 is 41.4 Å². The summed E-state index contributed by atoms with van der Waals surface area (Å²) in [4.78, 5) is 88.9. The highest BCUT2D eigenvalue weighted by Gasteiger charge is 2.35. The molecule has 0 bridgehead atoms. The van der Waals surface area contributed by atoms with Crippen molar-refractivity contribution in [2.45, 2.75) is 117 Å². The Bertz CT molecular complexity index is 1690. The molecule has 2 aromatic rings. The summed E-state index contributed by atoms with van der Waals surface area (Å²) in [5.41, 5.74) is 11.1. The van der Waals surface area contributed by atoms with Gasteiger partial charge in [0.1, 0.15) is 36.2 Å². The van der Waals surface area contributed by atoms with Crippen molar-refractivity contribution in [3.63, 3.8) is 0 Å². The fraction of sp³-hybridized carbons (Fsp3) is 0.537. The van der Waals surface area contributed by atoms with E-state index in [1.165, 1.54) is 0 Å². The summed E-state index contributed by atoms with van der Waals surface area (Å²) in [5.74, 6) is -7.43. The van der Waals surface area contributed by atoms with Gasteiger partial charge in [-0.1, -0.05) is 116 Å². The van der Waals surface area contributed by atoms with Crippen molar-refractivity contribution in [2.75, 3.05) is 0 Å². The Kier molecular flexibility index (Phi) is 21.3. The van der Waals surface area contributed by atoms with Crippen molar-refractivity contribution in [3.05, 3.63) is 71.8 Å². The molecule has 10 N–H and O–H groups in total. The van der Waals surface area contributed by atoms with Gasteiger partial charge in [-0.2, -0.15) is 13.2 Å². The van der Waals surface area contributed by atoms with Crippen molar-refractivity contribution in [1.82, 2.24) is 26.6 Å². The third kappa shape index (κ3) is 18.3. The van der Waals surface area contributed by atoms with Gasteiger partial charge in [-0.15, -0.1) is 0 Å². The molecule has 59 heavy (non-hydrogen) atoms. The molecule has 0 saturated carbocycles. The first-order valence-electron chi connectivity index (χ1n) is 19.4. The zero-order valence-corrected chi connectivity index (χ0v) is 34.9. The zero-order valence-electron chi connectivity index (χ0n) is 34.9. The molecule has 0 saturated heterocycles. The largest absolute Gasteiger partial charge is 0.542 e. The minimum absolute atomic E-state index is 0.0471. The molecule has 0 unspecified atom stereocenters. The van der Waals surface area contributed by atoms with Crippen LogP contribution in [0.1, 0.15) is 72.9 Å². The molecule has 18 heteroatoms. The third-order valence-corrected chi connectivity index (χ3v) is 9.25. The van der Waals surface area contributed by atoms with Crippen LogP contribution in [0.25, 0.3) is 0 Å². The zero-order chi connectivity index (χ0) is 45.2. The van der Waals surface area contributed by atoms with Crippen LogP contribution >= 0.6 is 0 Å². The predicted octanol–water partition coefficient (Wildman–Crippen LogP) is 0.304. The lowest BCUT2D eigenvalue weighted by Crippen LogP contribution is -2.71. The van der Waals surface area contributed by atoms with Crippen LogP contribution in [0.4, 0.5) is 13.2 Å². The van der Waals surface area contributed by atoms with Crippen LogP contribution in [0.2, 0.25) is 0 Å². The molecule has 0 aliphatic heterocycles. The van der Waals surface area contributed by atoms with Gasteiger partial charge in [0.2, 0.25) is 29.5 Å². The Morgan fingerprint density at radius 2 is 0.949 bits per heavy atom. The molecule has 0 radical (unpaired) electrons. The van der Waals surface area contributed by atoms with Crippen LogP contribution in [-0.4, -0.2) is 83.8 Å². The van der Waals surface area contributed by atoms with Gasteiger partial charge in [-0.25, -0.2) is 0 Å². The molecular formula is C41H60F3N7O8. The van der Waals surface area contributed by atoms with Gasteiger partial charge in [-0.05, 0) is 41.7 Å². The van der Waals surface area contributed by atoms with Crippen LogP contribution in [0, 0.1) is 23.7 Å². The second-order valence-corrected chi connectivity index (χ2v) is 15.6. The maximum Gasteiger partial charge on any atom is 0.430 e. The van der Waals surface area contributed by atoms with Crippen molar-refractivity contribution < 1.29 is 57.6 Å².